The van der Waals surface area contributed by atoms with Crippen LogP contribution in [0.2, 0.25) is 0 Å². The third-order valence-electron chi connectivity index (χ3n) is 1.86. The zero-order chi connectivity index (χ0) is 11.1. The number of nitrogens with zero attached hydrogens (tertiary/aromatic N) is 2. The summed E-state index contributed by atoms with van der Waals surface area (Å²) in [7, 11) is 0. The van der Waals surface area contributed by atoms with Crippen LogP contribution < -0.4 is 10.2 Å². The first-order chi connectivity index (χ1) is 6.45. The van der Waals surface area contributed by atoms with Crippen molar-refractivity contribution in [1.29, 1.82) is 0 Å². The summed E-state index contributed by atoms with van der Waals surface area (Å²) in [6.45, 7) is 0. The van der Waals surface area contributed by atoms with Crippen molar-refractivity contribution in [2.45, 2.75) is 37.8 Å². The van der Waals surface area contributed by atoms with E-state index < -0.39 is 24.0 Å². The minimum atomic E-state index is -2.19. The zero-order valence-electron chi connectivity index (χ0n) is 7.83. The van der Waals surface area contributed by atoms with Gasteiger partial charge in [0.25, 0.3) is 0 Å². The SMILES string of the molecule is O=C([O-])C(=O)[O-].[N-][C@@H]1CCCC[C@H]1[N-].[Pt+4]. The number of carboxylic acids is 2. The molecule has 0 heterocycles. The Labute approximate surface area is 102 Å². The summed E-state index contributed by atoms with van der Waals surface area (Å²) in [6, 6.07) is -0.882. The van der Waals surface area contributed by atoms with Gasteiger partial charge in [-0.3, -0.25) is 0 Å². The van der Waals surface area contributed by atoms with E-state index in [2.05, 4.69) is 0 Å². The maximum atomic E-state index is 8.93. The molecule has 7 heteroatoms. The second kappa shape index (κ2) is 8.82. The van der Waals surface area contributed by atoms with E-state index in [0.29, 0.717) is 0 Å². The van der Waals surface area contributed by atoms with Gasteiger partial charge in [0.15, 0.2) is 0 Å². The van der Waals surface area contributed by atoms with Crippen LogP contribution in [0, 0.1) is 0 Å². The summed E-state index contributed by atoms with van der Waals surface area (Å²) in [5, 5.41) is 17.9. The molecule has 0 aliphatic heterocycles. The van der Waals surface area contributed by atoms with Gasteiger partial charge in [-0.05, 0) is 0 Å². The van der Waals surface area contributed by atoms with Crippen LogP contribution in [-0.2, 0) is 30.7 Å². The number of carbonyl (C=O) groups excluding carboxylic acids is 2. The van der Waals surface area contributed by atoms with Gasteiger partial charge in [-0.15, -0.1) is 0 Å². The second-order valence-electron chi connectivity index (χ2n) is 2.99. The van der Waals surface area contributed by atoms with E-state index in [0.717, 1.165) is 25.7 Å². The minimum absolute atomic E-state index is 0. The van der Waals surface area contributed by atoms with E-state index in [4.69, 9.17) is 31.3 Å². The molecule has 0 saturated heterocycles. The van der Waals surface area contributed by atoms with Crippen LogP contribution in [0.15, 0.2) is 0 Å². The van der Waals surface area contributed by atoms with Gasteiger partial charge in [0, 0.05) is 0 Å². The van der Waals surface area contributed by atoms with Crippen molar-refractivity contribution in [2.75, 3.05) is 0 Å². The Morgan fingerprint density at radius 1 is 0.933 bits per heavy atom. The van der Waals surface area contributed by atoms with Crippen LogP contribution in [0.25, 0.3) is 11.5 Å². The summed E-state index contributed by atoms with van der Waals surface area (Å²) in [5.41, 5.74) is 17.9. The average molecular weight is 393 g/mol. The number of hydrogen-bond acceptors (Lipinski definition) is 4. The molecule has 0 amide bonds. The first-order valence-corrected chi connectivity index (χ1v) is 4.23. The standard InChI is InChI=1S/C6H10N2.C2H2O4.Pt/c7-5-3-1-2-4-6(5)8;3-1(4)2(5)6;/h5-6H,1-4H2;(H,3,4)(H,5,6);/q-2;;+4/p-2/t5-,6-;;/m1../s1. The fraction of sp³-hybridized carbons (Fsp3) is 0.750. The molecule has 0 N–H and O–H groups in total. The topological polar surface area (TPSA) is 125 Å². The molecule has 15 heavy (non-hydrogen) atoms. The average Bonchev–Trinajstić information content (AvgIpc) is 2.11. The first kappa shape index (κ1) is 17.0. The van der Waals surface area contributed by atoms with Crippen molar-refractivity contribution in [2.24, 2.45) is 0 Å². The summed E-state index contributed by atoms with van der Waals surface area (Å²) < 4.78 is 0. The molecule has 0 bridgehead atoms. The third-order valence-corrected chi connectivity index (χ3v) is 1.86. The molecular weight excluding hydrogens is 383 g/mol. The van der Waals surface area contributed by atoms with Gasteiger partial charge >= 0.3 is 21.1 Å². The number of carboxylic acid groups (broad SMARTS) is 2. The van der Waals surface area contributed by atoms with Crippen LogP contribution in [0.4, 0.5) is 0 Å². The Hall–Kier alpha value is -0.452. The molecule has 1 rings (SSSR count). The fourth-order valence-corrected chi connectivity index (χ4v) is 1.09. The predicted octanol–water partition coefficient (Wildman–Crippen LogP) is -1.54. The molecule has 0 aromatic rings. The Balaban J connectivity index is 0. The Bertz CT molecular complexity index is 191. The van der Waals surface area contributed by atoms with E-state index in [1.165, 1.54) is 0 Å². The van der Waals surface area contributed by atoms with E-state index in [-0.39, 0.29) is 21.1 Å². The molecule has 2 radical (unpaired) electrons. The molecule has 1 saturated carbocycles. The van der Waals surface area contributed by atoms with Crippen LogP contribution >= 0.6 is 0 Å². The molecule has 0 unspecified atom stereocenters. The van der Waals surface area contributed by atoms with Gasteiger partial charge in [0.05, 0.1) is 11.9 Å². The maximum absolute atomic E-state index is 8.93. The number of rotatable bonds is 0. The summed E-state index contributed by atoms with van der Waals surface area (Å²) in [4.78, 5) is 17.9. The van der Waals surface area contributed by atoms with Crippen molar-refractivity contribution >= 4 is 11.9 Å². The van der Waals surface area contributed by atoms with Crippen LogP contribution in [0.1, 0.15) is 25.7 Å². The van der Waals surface area contributed by atoms with Crippen LogP contribution in [0.3, 0.4) is 0 Å². The predicted molar refractivity (Wildman–Crippen MR) is 42.8 cm³/mol. The normalized spacial score (nSPS) is 24.1. The zero-order valence-corrected chi connectivity index (χ0v) is 10.1. The molecule has 0 spiro atoms. The van der Waals surface area contributed by atoms with E-state index in [9.17, 15) is 0 Å². The Kier molecular flexibility index (Phi) is 9.98. The molecule has 86 valence electrons. The first-order valence-electron chi connectivity index (χ1n) is 4.23. The molecule has 1 aliphatic carbocycles. The number of carbonyl (C=O) groups is 2. The Morgan fingerprint density at radius 2 is 1.20 bits per heavy atom. The number of hydrogen-bond donors (Lipinski definition) is 0. The molecule has 1 aliphatic rings. The summed E-state index contributed by atoms with van der Waals surface area (Å²) >= 11 is 0. The van der Waals surface area contributed by atoms with E-state index in [1.807, 2.05) is 0 Å². The second-order valence-corrected chi connectivity index (χ2v) is 2.99. The van der Waals surface area contributed by atoms with Crippen molar-refractivity contribution in [1.82, 2.24) is 0 Å². The van der Waals surface area contributed by atoms with Crippen molar-refractivity contribution in [3.63, 3.8) is 0 Å². The molecule has 2 atom stereocenters. The smallest absolute Gasteiger partial charge is 0.806 e. The largest absolute Gasteiger partial charge is 4.00 e. The Morgan fingerprint density at radius 3 is 1.33 bits per heavy atom. The summed E-state index contributed by atoms with van der Waals surface area (Å²) in [5.74, 6) is -4.37. The van der Waals surface area contributed by atoms with Gasteiger partial charge in [-0.25, -0.2) is 0 Å². The third kappa shape index (κ3) is 8.54. The summed E-state index contributed by atoms with van der Waals surface area (Å²) in [6.07, 6.45) is 3.69. The van der Waals surface area contributed by atoms with Crippen LogP contribution in [-0.4, -0.2) is 24.0 Å². The van der Waals surface area contributed by atoms with Gasteiger partial charge in [0.2, 0.25) is 0 Å². The van der Waals surface area contributed by atoms with Gasteiger partial charge in [-0.2, -0.15) is 12.1 Å². The van der Waals surface area contributed by atoms with Gasteiger partial charge in [0.1, 0.15) is 0 Å². The maximum Gasteiger partial charge on any atom is 4.00 e. The van der Waals surface area contributed by atoms with Crippen molar-refractivity contribution in [3.8, 4) is 0 Å². The monoisotopic (exact) mass is 393 g/mol. The molecule has 6 nitrogen and oxygen atoms in total. The quantitative estimate of drug-likeness (QED) is 0.463. The van der Waals surface area contributed by atoms with Crippen molar-refractivity contribution in [3.05, 3.63) is 11.5 Å². The minimum Gasteiger partial charge on any atom is -0.806 e. The fourth-order valence-electron chi connectivity index (χ4n) is 1.09. The van der Waals surface area contributed by atoms with E-state index >= 15 is 0 Å². The number of aliphatic carboxylic acids is 2. The van der Waals surface area contributed by atoms with E-state index in [1.54, 1.807) is 0 Å². The molecular formula is C8H10N2O4Pt. The van der Waals surface area contributed by atoms with Crippen LogP contribution in [0.5, 0.6) is 0 Å². The van der Waals surface area contributed by atoms with Gasteiger partial charge < -0.3 is 31.3 Å². The molecule has 0 aromatic heterocycles. The molecule has 0 aromatic carbocycles. The molecule has 1 fully saturated rings. The van der Waals surface area contributed by atoms with Gasteiger partial charge in [-0.1, -0.05) is 25.7 Å². The van der Waals surface area contributed by atoms with Crippen molar-refractivity contribution < 1.29 is 40.9 Å².